The summed E-state index contributed by atoms with van der Waals surface area (Å²) in [7, 11) is 0. The highest BCUT2D eigenvalue weighted by Crippen LogP contribution is 2.19. The van der Waals surface area contributed by atoms with Crippen molar-refractivity contribution in [2.75, 3.05) is 18.4 Å². The molecule has 1 aromatic heterocycles. The van der Waals surface area contributed by atoms with E-state index in [9.17, 15) is 4.79 Å². The van der Waals surface area contributed by atoms with Crippen molar-refractivity contribution in [1.29, 1.82) is 0 Å². The minimum Gasteiger partial charge on any atom is -0.471 e. The summed E-state index contributed by atoms with van der Waals surface area (Å²) < 4.78 is 11.4. The number of anilines is 1. The minimum atomic E-state index is -0.294. The Morgan fingerprint density at radius 3 is 2.85 bits per heavy atom. The summed E-state index contributed by atoms with van der Waals surface area (Å²) in [6.45, 7) is 9.97. The van der Waals surface area contributed by atoms with Crippen molar-refractivity contribution in [3.63, 3.8) is 0 Å². The van der Waals surface area contributed by atoms with Crippen molar-refractivity contribution in [3.05, 3.63) is 51.4 Å². The topological polar surface area (TPSA) is 79.5 Å². The molecule has 1 aliphatic rings. The summed E-state index contributed by atoms with van der Waals surface area (Å²) in [5, 5.41) is 3.18. The molecule has 1 atom stereocenters. The van der Waals surface area contributed by atoms with Gasteiger partial charge in [-0.3, -0.25) is 14.7 Å². The second-order valence-corrected chi connectivity index (χ2v) is 6.60. The Hall–Kier alpha value is -2.38. The number of rotatable bonds is 9. The van der Waals surface area contributed by atoms with Crippen LogP contribution < -0.4 is 15.6 Å². The second kappa shape index (κ2) is 9.01. The van der Waals surface area contributed by atoms with Crippen molar-refractivity contribution in [1.82, 2.24) is 14.9 Å². The molecule has 1 unspecified atom stereocenters. The first-order valence-corrected chi connectivity index (χ1v) is 9.57. The fraction of sp³-hybridized carbons (Fsp3) is 0.500. The Morgan fingerprint density at radius 2 is 2.11 bits per heavy atom. The molecular weight excluding hydrogens is 344 g/mol. The number of ether oxygens (including phenoxy) is 2. The van der Waals surface area contributed by atoms with Gasteiger partial charge in [0.2, 0.25) is 5.95 Å². The third kappa shape index (κ3) is 4.87. The Morgan fingerprint density at radius 1 is 1.30 bits per heavy atom. The normalized spacial score (nSPS) is 14.2. The lowest BCUT2D eigenvalue weighted by atomic mass is 10.2. The van der Waals surface area contributed by atoms with Gasteiger partial charge in [0, 0.05) is 13.0 Å². The molecule has 0 aliphatic carbocycles. The van der Waals surface area contributed by atoms with Crippen LogP contribution in [-0.2, 0) is 24.5 Å². The number of hydrogen-bond donors (Lipinski definition) is 2. The highest BCUT2D eigenvalue weighted by atomic mass is 16.5. The van der Waals surface area contributed by atoms with Gasteiger partial charge < -0.3 is 14.8 Å². The van der Waals surface area contributed by atoms with E-state index in [4.69, 9.17) is 9.47 Å². The summed E-state index contributed by atoms with van der Waals surface area (Å²) in [5.74, 6) is 1.21. The van der Waals surface area contributed by atoms with Crippen LogP contribution in [0, 0.1) is 0 Å². The molecule has 1 aromatic carbocycles. The first-order chi connectivity index (χ1) is 13.1. The van der Waals surface area contributed by atoms with E-state index in [-0.39, 0.29) is 11.8 Å². The summed E-state index contributed by atoms with van der Waals surface area (Å²) in [4.78, 5) is 21.7. The van der Waals surface area contributed by atoms with Gasteiger partial charge in [0.15, 0.2) is 6.23 Å². The molecule has 1 aliphatic heterocycles. The number of aromatic amines is 1. The van der Waals surface area contributed by atoms with E-state index >= 15 is 0 Å². The lowest BCUT2D eigenvalue weighted by Crippen LogP contribution is -2.29. The number of H-pyrrole nitrogens is 1. The van der Waals surface area contributed by atoms with E-state index in [0.29, 0.717) is 30.4 Å². The predicted octanol–water partition coefficient (Wildman–Crippen LogP) is 2.87. The molecule has 0 saturated carbocycles. The SMILES string of the molecule is CCC(Nc1nc2c(c(=O)[nH]1)COC2)Oc1cccc(CN(CC)CC)c1. The second-order valence-electron chi connectivity index (χ2n) is 6.60. The number of hydrogen-bond acceptors (Lipinski definition) is 6. The molecule has 3 rings (SSSR count). The highest BCUT2D eigenvalue weighted by Gasteiger charge is 2.19. The molecule has 7 heteroatoms. The van der Waals surface area contributed by atoms with Crippen molar-refractivity contribution in [2.24, 2.45) is 0 Å². The maximum absolute atomic E-state index is 12.1. The third-order valence-electron chi connectivity index (χ3n) is 4.73. The summed E-state index contributed by atoms with van der Waals surface area (Å²) in [6.07, 6.45) is 0.426. The maximum atomic E-state index is 12.1. The molecule has 146 valence electrons. The van der Waals surface area contributed by atoms with Gasteiger partial charge in [-0.05, 0) is 30.8 Å². The van der Waals surface area contributed by atoms with E-state index in [1.165, 1.54) is 5.56 Å². The van der Waals surface area contributed by atoms with E-state index in [1.54, 1.807) is 0 Å². The minimum absolute atomic E-state index is 0.156. The zero-order valence-electron chi connectivity index (χ0n) is 16.2. The molecule has 0 fully saturated rings. The molecule has 0 amide bonds. The van der Waals surface area contributed by atoms with Gasteiger partial charge in [-0.1, -0.05) is 32.9 Å². The quantitative estimate of drug-likeness (QED) is 0.659. The van der Waals surface area contributed by atoms with Gasteiger partial charge in [-0.25, -0.2) is 4.98 Å². The number of fused-ring (bicyclic) bond motifs is 1. The van der Waals surface area contributed by atoms with Crippen LogP contribution >= 0.6 is 0 Å². The molecule has 2 aromatic rings. The average molecular weight is 372 g/mol. The zero-order chi connectivity index (χ0) is 19.2. The fourth-order valence-corrected chi connectivity index (χ4v) is 3.08. The van der Waals surface area contributed by atoms with Crippen molar-refractivity contribution in [2.45, 2.75) is 53.2 Å². The van der Waals surface area contributed by atoms with E-state index in [0.717, 1.165) is 31.8 Å². The van der Waals surface area contributed by atoms with Crippen molar-refractivity contribution >= 4 is 5.95 Å². The van der Waals surface area contributed by atoms with Crippen LogP contribution in [0.25, 0.3) is 0 Å². The molecule has 0 bridgehead atoms. The molecular formula is C20H28N4O3. The number of benzene rings is 1. The predicted molar refractivity (Wildman–Crippen MR) is 105 cm³/mol. The van der Waals surface area contributed by atoms with E-state index in [1.807, 2.05) is 19.1 Å². The van der Waals surface area contributed by atoms with Crippen LogP contribution in [0.2, 0.25) is 0 Å². The molecule has 27 heavy (non-hydrogen) atoms. The molecule has 0 spiro atoms. The summed E-state index contributed by atoms with van der Waals surface area (Å²) in [5.41, 5.74) is 2.36. The lowest BCUT2D eigenvalue weighted by molar-refractivity contribution is 0.133. The first-order valence-electron chi connectivity index (χ1n) is 9.57. The smallest absolute Gasteiger partial charge is 0.258 e. The largest absolute Gasteiger partial charge is 0.471 e. The van der Waals surface area contributed by atoms with Crippen LogP contribution in [0.5, 0.6) is 5.75 Å². The van der Waals surface area contributed by atoms with Gasteiger partial charge >= 0.3 is 0 Å². The third-order valence-corrected chi connectivity index (χ3v) is 4.73. The van der Waals surface area contributed by atoms with Gasteiger partial charge in [0.1, 0.15) is 5.75 Å². The van der Waals surface area contributed by atoms with Crippen LogP contribution in [0.1, 0.15) is 44.0 Å². The molecule has 2 heterocycles. The number of nitrogens with zero attached hydrogens (tertiary/aromatic N) is 2. The zero-order valence-corrected chi connectivity index (χ0v) is 16.2. The molecule has 7 nitrogen and oxygen atoms in total. The van der Waals surface area contributed by atoms with Crippen molar-refractivity contribution < 1.29 is 9.47 Å². The van der Waals surface area contributed by atoms with Crippen LogP contribution in [0.4, 0.5) is 5.95 Å². The van der Waals surface area contributed by atoms with E-state index < -0.39 is 0 Å². The van der Waals surface area contributed by atoms with Gasteiger partial charge in [-0.15, -0.1) is 0 Å². The maximum Gasteiger partial charge on any atom is 0.258 e. The van der Waals surface area contributed by atoms with Crippen LogP contribution in [-0.4, -0.2) is 34.2 Å². The highest BCUT2D eigenvalue weighted by molar-refractivity contribution is 5.33. The monoisotopic (exact) mass is 372 g/mol. The Kier molecular flexibility index (Phi) is 6.47. The molecule has 2 N–H and O–H groups in total. The van der Waals surface area contributed by atoms with Gasteiger partial charge in [-0.2, -0.15) is 0 Å². The molecule has 0 radical (unpaired) electrons. The first kappa shape index (κ1) is 19.4. The van der Waals surface area contributed by atoms with Crippen LogP contribution in [0.15, 0.2) is 29.1 Å². The van der Waals surface area contributed by atoms with Gasteiger partial charge in [0.25, 0.3) is 5.56 Å². The fourth-order valence-electron chi connectivity index (χ4n) is 3.08. The standard InChI is InChI=1S/C20H28N4O3/c1-4-18(22-20-21-17-13-26-12-16(17)19(25)23-20)27-15-9-7-8-14(10-15)11-24(5-2)6-3/h7-10,18H,4-6,11-13H2,1-3H3,(H2,21,22,23,25). The summed E-state index contributed by atoms with van der Waals surface area (Å²) >= 11 is 0. The Labute approximate surface area is 159 Å². The lowest BCUT2D eigenvalue weighted by Gasteiger charge is -2.21. The molecule has 0 saturated heterocycles. The number of nitrogens with one attached hydrogen (secondary N) is 2. The van der Waals surface area contributed by atoms with E-state index in [2.05, 4.69) is 46.2 Å². The van der Waals surface area contributed by atoms with Crippen LogP contribution in [0.3, 0.4) is 0 Å². The summed E-state index contributed by atoms with van der Waals surface area (Å²) in [6, 6.07) is 8.13. The van der Waals surface area contributed by atoms with Gasteiger partial charge in [0.05, 0.1) is 24.5 Å². The Bertz CT molecular complexity index is 817. The Balaban J connectivity index is 1.69. The number of aromatic nitrogens is 2. The average Bonchev–Trinajstić information content (AvgIpc) is 3.15. The van der Waals surface area contributed by atoms with Crippen molar-refractivity contribution in [3.8, 4) is 5.75 Å².